The highest BCUT2D eigenvalue weighted by Gasteiger charge is 2.14. The number of anilines is 1. The Balaban J connectivity index is 1.51. The second kappa shape index (κ2) is 9.67. The van der Waals surface area contributed by atoms with Crippen LogP contribution in [0, 0.1) is 6.92 Å². The first-order chi connectivity index (χ1) is 13.1. The van der Waals surface area contributed by atoms with Crippen LogP contribution in [0.25, 0.3) is 0 Å². The minimum absolute atomic E-state index is 0.0204. The Morgan fingerprint density at radius 2 is 1.56 bits per heavy atom. The summed E-state index contributed by atoms with van der Waals surface area (Å²) in [6.45, 7) is 4.00. The molecule has 0 aliphatic carbocycles. The van der Waals surface area contributed by atoms with Crippen LogP contribution in [-0.4, -0.2) is 11.2 Å². The summed E-state index contributed by atoms with van der Waals surface area (Å²) >= 11 is 3.38. The zero-order chi connectivity index (χ0) is 19.1. The third-order valence-corrected chi connectivity index (χ3v) is 6.27. The van der Waals surface area contributed by atoms with E-state index < -0.39 is 0 Å². The van der Waals surface area contributed by atoms with Crippen molar-refractivity contribution in [3.8, 4) is 0 Å². The molecule has 0 aliphatic rings. The molecule has 2 nitrogen and oxygen atoms in total. The summed E-state index contributed by atoms with van der Waals surface area (Å²) in [6.07, 6.45) is 0. The van der Waals surface area contributed by atoms with Crippen LogP contribution in [0.5, 0.6) is 0 Å². The maximum Gasteiger partial charge on any atom is 0.237 e. The van der Waals surface area contributed by atoms with Crippen LogP contribution in [0.15, 0.2) is 88.7 Å². The van der Waals surface area contributed by atoms with Crippen LogP contribution in [0.1, 0.15) is 18.1 Å². The molecule has 0 heterocycles. The molecule has 1 amide bonds. The molecule has 27 heavy (non-hydrogen) atoms. The van der Waals surface area contributed by atoms with Crippen molar-refractivity contribution in [2.75, 3.05) is 5.32 Å². The smallest absolute Gasteiger partial charge is 0.237 e. The van der Waals surface area contributed by atoms with Crippen LogP contribution < -0.4 is 5.32 Å². The molecule has 3 rings (SSSR count). The predicted molar refractivity (Wildman–Crippen MR) is 118 cm³/mol. The fraction of sp³-hybridized carbons (Fsp3) is 0.174. The van der Waals surface area contributed by atoms with Gasteiger partial charge in [0.25, 0.3) is 0 Å². The standard InChI is InChI=1S/C23H23NOS2/c1-17-8-14-22(15-9-17)27-18(2)23(25)24-20-12-10-19(11-13-20)16-26-21-6-4-3-5-7-21/h3-15,18H,16H2,1-2H3,(H,24,25)/t18-/m1/s1. The second-order valence-electron chi connectivity index (χ2n) is 6.36. The molecular weight excluding hydrogens is 370 g/mol. The molecular formula is C23H23NOS2. The first-order valence-electron chi connectivity index (χ1n) is 8.91. The van der Waals surface area contributed by atoms with Gasteiger partial charge < -0.3 is 5.32 Å². The molecule has 0 saturated carbocycles. The van der Waals surface area contributed by atoms with Gasteiger partial charge in [0.1, 0.15) is 0 Å². The topological polar surface area (TPSA) is 29.1 Å². The summed E-state index contributed by atoms with van der Waals surface area (Å²) in [5, 5.41) is 2.86. The third kappa shape index (κ3) is 6.19. The second-order valence-corrected chi connectivity index (χ2v) is 8.82. The van der Waals surface area contributed by atoms with E-state index in [1.165, 1.54) is 16.0 Å². The van der Waals surface area contributed by atoms with Gasteiger partial charge in [-0.2, -0.15) is 0 Å². The quantitative estimate of drug-likeness (QED) is 0.470. The number of rotatable bonds is 7. The van der Waals surface area contributed by atoms with E-state index in [-0.39, 0.29) is 11.2 Å². The van der Waals surface area contributed by atoms with E-state index in [0.29, 0.717) is 0 Å². The fourth-order valence-electron chi connectivity index (χ4n) is 2.49. The zero-order valence-electron chi connectivity index (χ0n) is 15.5. The lowest BCUT2D eigenvalue weighted by Crippen LogP contribution is -2.22. The summed E-state index contributed by atoms with van der Waals surface area (Å²) in [5.74, 6) is 0.935. The van der Waals surface area contributed by atoms with Gasteiger partial charge in [0.15, 0.2) is 0 Å². The van der Waals surface area contributed by atoms with Gasteiger partial charge in [-0.05, 0) is 55.8 Å². The molecule has 0 radical (unpaired) electrons. The molecule has 0 spiro atoms. The molecule has 0 aromatic heterocycles. The molecule has 0 aliphatic heterocycles. The average Bonchev–Trinajstić information content (AvgIpc) is 2.70. The monoisotopic (exact) mass is 393 g/mol. The summed E-state index contributed by atoms with van der Waals surface area (Å²) in [6, 6.07) is 26.7. The van der Waals surface area contributed by atoms with Crippen molar-refractivity contribution in [3.63, 3.8) is 0 Å². The van der Waals surface area contributed by atoms with Crippen LogP contribution in [0.4, 0.5) is 5.69 Å². The zero-order valence-corrected chi connectivity index (χ0v) is 17.1. The summed E-state index contributed by atoms with van der Waals surface area (Å²) < 4.78 is 0. The first-order valence-corrected chi connectivity index (χ1v) is 10.8. The lowest BCUT2D eigenvalue weighted by Gasteiger charge is -2.12. The predicted octanol–water partition coefficient (Wildman–Crippen LogP) is 6.41. The summed E-state index contributed by atoms with van der Waals surface area (Å²) in [4.78, 5) is 14.8. The van der Waals surface area contributed by atoms with E-state index in [2.05, 4.69) is 72.9 Å². The number of hydrogen-bond acceptors (Lipinski definition) is 3. The van der Waals surface area contributed by atoms with Gasteiger partial charge in [-0.3, -0.25) is 4.79 Å². The van der Waals surface area contributed by atoms with E-state index in [4.69, 9.17) is 0 Å². The van der Waals surface area contributed by atoms with Gasteiger partial charge in [0, 0.05) is 21.2 Å². The van der Waals surface area contributed by atoms with E-state index in [0.717, 1.165) is 16.3 Å². The summed E-state index contributed by atoms with van der Waals surface area (Å²) in [7, 11) is 0. The molecule has 1 atom stereocenters. The normalized spacial score (nSPS) is 11.8. The summed E-state index contributed by atoms with van der Waals surface area (Å²) in [5.41, 5.74) is 3.30. The minimum atomic E-state index is -0.152. The Morgan fingerprint density at radius 3 is 2.22 bits per heavy atom. The van der Waals surface area contributed by atoms with Gasteiger partial charge in [-0.25, -0.2) is 0 Å². The highest BCUT2D eigenvalue weighted by molar-refractivity contribution is 8.00. The molecule has 3 aromatic rings. The Morgan fingerprint density at radius 1 is 0.889 bits per heavy atom. The van der Waals surface area contributed by atoms with Gasteiger partial charge >= 0.3 is 0 Å². The molecule has 0 fully saturated rings. The van der Waals surface area contributed by atoms with E-state index in [1.807, 2.05) is 36.9 Å². The van der Waals surface area contributed by atoms with Gasteiger partial charge in [0.05, 0.1) is 5.25 Å². The molecule has 3 aromatic carbocycles. The largest absolute Gasteiger partial charge is 0.325 e. The Hall–Kier alpha value is -2.17. The Labute approximate surface area is 169 Å². The van der Waals surface area contributed by atoms with Crippen molar-refractivity contribution in [3.05, 3.63) is 90.0 Å². The van der Waals surface area contributed by atoms with Crippen molar-refractivity contribution < 1.29 is 4.79 Å². The highest BCUT2D eigenvalue weighted by Crippen LogP contribution is 2.25. The van der Waals surface area contributed by atoms with Crippen molar-refractivity contribution in [2.45, 2.75) is 34.6 Å². The van der Waals surface area contributed by atoms with Gasteiger partial charge in [0.2, 0.25) is 5.91 Å². The number of nitrogens with one attached hydrogen (secondary N) is 1. The molecule has 0 bridgehead atoms. The third-order valence-electron chi connectivity index (χ3n) is 4.07. The number of amides is 1. The first kappa shape index (κ1) is 19.6. The van der Waals surface area contributed by atoms with Crippen LogP contribution in [-0.2, 0) is 10.5 Å². The SMILES string of the molecule is Cc1ccc(S[C@H](C)C(=O)Nc2ccc(CSc3ccccc3)cc2)cc1. The molecule has 0 unspecified atom stereocenters. The fourth-order valence-corrected chi connectivity index (χ4v) is 4.23. The van der Waals surface area contributed by atoms with Gasteiger partial charge in [-0.15, -0.1) is 23.5 Å². The van der Waals surface area contributed by atoms with Crippen molar-refractivity contribution in [1.82, 2.24) is 0 Å². The lowest BCUT2D eigenvalue weighted by atomic mass is 10.2. The maximum atomic E-state index is 12.4. The molecule has 1 N–H and O–H groups in total. The molecule has 0 saturated heterocycles. The van der Waals surface area contributed by atoms with Crippen LogP contribution in [0.2, 0.25) is 0 Å². The maximum absolute atomic E-state index is 12.4. The Kier molecular flexibility index (Phi) is 7.02. The minimum Gasteiger partial charge on any atom is -0.325 e. The molecule has 138 valence electrons. The number of benzene rings is 3. The van der Waals surface area contributed by atoms with E-state index in [1.54, 1.807) is 11.8 Å². The van der Waals surface area contributed by atoms with Crippen molar-refractivity contribution in [2.24, 2.45) is 0 Å². The molecule has 4 heteroatoms. The van der Waals surface area contributed by atoms with E-state index >= 15 is 0 Å². The Bertz CT molecular complexity index is 861. The number of hydrogen-bond donors (Lipinski definition) is 1. The van der Waals surface area contributed by atoms with Crippen LogP contribution >= 0.6 is 23.5 Å². The number of carbonyl (C=O) groups is 1. The number of aryl methyl sites for hydroxylation is 1. The number of thioether (sulfide) groups is 2. The van der Waals surface area contributed by atoms with Crippen molar-refractivity contribution >= 4 is 35.1 Å². The lowest BCUT2D eigenvalue weighted by molar-refractivity contribution is -0.115. The number of carbonyl (C=O) groups excluding carboxylic acids is 1. The average molecular weight is 394 g/mol. The van der Waals surface area contributed by atoms with Gasteiger partial charge in [-0.1, -0.05) is 48.0 Å². The van der Waals surface area contributed by atoms with Crippen LogP contribution in [0.3, 0.4) is 0 Å². The van der Waals surface area contributed by atoms with E-state index in [9.17, 15) is 4.79 Å². The highest BCUT2D eigenvalue weighted by atomic mass is 32.2. The van der Waals surface area contributed by atoms with Crippen molar-refractivity contribution in [1.29, 1.82) is 0 Å².